The van der Waals surface area contributed by atoms with Gasteiger partial charge in [0.25, 0.3) is 0 Å². The number of aromatic carboxylic acids is 1. The number of benzene rings is 3. The number of carbonyl (C=O) groups is 2. The van der Waals surface area contributed by atoms with Crippen LogP contribution in [-0.4, -0.2) is 16.9 Å². The molecule has 0 aliphatic carbocycles. The maximum Gasteiger partial charge on any atom is 0.335 e. The zero-order chi connectivity index (χ0) is 19.4. The molecule has 0 aliphatic heterocycles. The van der Waals surface area contributed by atoms with Gasteiger partial charge in [0.1, 0.15) is 0 Å². The van der Waals surface area contributed by atoms with Gasteiger partial charge in [0.05, 0.1) is 10.6 Å². The Kier molecular flexibility index (Phi) is 5.57. The number of halogens is 1. The highest BCUT2D eigenvalue weighted by atomic mass is 35.5. The molecule has 0 spiro atoms. The molecule has 27 heavy (non-hydrogen) atoms. The number of carbonyl (C=O) groups excluding carboxylic acids is 1. The van der Waals surface area contributed by atoms with E-state index in [4.69, 9.17) is 11.6 Å². The highest BCUT2D eigenvalue weighted by Crippen LogP contribution is 2.27. The molecule has 0 amide bonds. The number of nitrogens with one attached hydrogen (secondary N) is 1. The minimum Gasteiger partial charge on any atom is -0.478 e. The molecule has 3 aromatic rings. The van der Waals surface area contributed by atoms with Crippen molar-refractivity contribution in [3.8, 4) is 0 Å². The predicted molar refractivity (Wildman–Crippen MR) is 107 cm³/mol. The molecule has 0 saturated carbocycles. The van der Waals surface area contributed by atoms with Gasteiger partial charge in [0, 0.05) is 22.5 Å². The molecule has 0 fully saturated rings. The third-order valence-electron chi connectivity index (χ3n) is 4.26. The third kappa shape index (κ3) is 4.18. The zero-order valence-electron chi connectivity index (χ0n) is 14.7. The van der Waals surface area contributed by atoms with Crippen molar-refractivity contribution in [2.75, 3.05) is 5.32 Å². The summed E-state index contributed by atoms with van der Waals surface area (Å²) >= 11 is 6.36. The van der Waals surface area contributed by atoms with Crippen molar-refractivity contribution in [2.45, 2.75) is 13.3 Å². The van der Waals surface area contributed by atoms with Crippen molar-refractivity contribution in [3.05, 3.63) is 94.0 Å². The molecule has 0 atom stereocenters. The Morgan fingerprint density at radius 3 is 2.30 bits per heavy atom. The molecule has 0 heterocycles. The van der Waals surface area contributed by atoms with Gasteiger partial charge in [-0.2, -0.15) is 0 Å². The molecule has 0 saturated heterocycles. The maximum atomic E-state index is 13.0. The number of carboxylic acid groups (broad SMARTS) is 1. The lowest BCUT2D eigenvalue weighted by Gasteiger charge is -2.12. The van der Waals surface area contributed by atoms with E-state index >= 15 is 0 Å². The number of ketones is 1. The van der Waals surface area contributed by atoms with Crippen LogP contribution in [0.4, 0.5) is 11.4 Å². The first kappa shape index (κ1) is 18.7. The number of aryl methyl sites for hydroxylation is 1. The fourth-order valence-corrected chi connectivity index (χ4v) is 3.11. The number of hydrogen-bond donors (Lipinski definition) is 2. The first-order chi connectivity index (χ1) is 13.0. The summed E-state index contributed by atoms with van der Waals surface area (Å²) in [6.45, 7) is 1.92. The molecule has 3 rings (SSSR count). The minimum atomic E-state index is -1.07. The van der Waals surface area contributed by atoms with Gasteiger partial charge >= 0.3 is 5.97 Å². The minimum absolute atomic E-state index is 0.0778. The van der Waals surface area contributed by atoms with Crippen LogP contribution < -0.4 is 5.32 Å². The number of hydrogen-bond acceptors (Lipinski definition) is 3. The summed E-state index contributed by atoms with van der Waals surface area (Å²) < 4.78 is 0. The summed E-state index contributed by atoms with van der Waals surface area (Å²) in [5.41, 5.74) is 3.24. The van der Waals surface area contributed by atoms with Gasteiger partial charge in [0.15, 0.2) is 5.78 Å². The average Bonchev–Trinajstić information content (AvgIpc) is 2.68. The van der Waals surface area contributed by atoms with Crippen LogP contribution in [0.2, 0.25) is 5.02 Å². The van der Waals surface area contributed by atoms with Gasteiger partial charge in [0.2, 0.25) is 0 Å². The highest BCUT2D eigenvalue weighted by Gasteiger charge is 2.18. The summed E-state index contributed by atoms with van der Waals surface area (Å²) in [5, 5.41) is 12.7. The van der Waals surface area contributed by atoms with E-state index in [1.165, 1.54) is 12.1 Å². The lowest BCUT2D eigenvalue weighted by molar-refractivity contribution is 0.0697. The van der Waals surface area contributed by atoms with Gasteiger partial charge in [-0.05, 0) is 54.4 Å². The molecule has 0 unspecified atom stereocenters. The summed E-state index contributed by atoms with van der Waals surface area (Å²) in [5.74, 6) is -1.36. The van der Waals surface area contributed by atoms with E-state index in [9.17, 15) is 14.7 Å². The fraction of sp³-hybridized carbons (Fsp3) is 0.0909. The van der Waals surface area contributed by atoms with Gasteiger partial charge in [-0.25, -0.2) is 4.79 Å². The van der Waals surface area contributed by atoms with Crippen molar-refractivity contribution < 1.29 is 14.7 Å². The zero-order valence-corrected chi connectivity index (χ0v) is 15.5. The second kappa shape index (κ2) is 8.06. The van der Waals surface area contributed by atoms with Crippen molar-refractivity contribution in [1.82, 2.24) is 0 Å². The Balaban J connectivity index is 1.93. The summed E-state index contributed by atoms with van der Waals surface area (Å²) in [6.07, 6.45) is 0.617. The van der Waals surface area contributed by atoms with E-state index in [0.29, 0.717) is 22.6 Å². The number of anilines is 2. The van der Waals surface area contributed by atoms with Gasteiger partial charge in [-0.3, -0.25) is 4.79 Å². The Labute approximate surface area is 162 Å². The topological polar surface area (TPSA) is 66.4 Å². The van der Waals surface area contributed by atoms with E-state index in [1.807, 2.05) is 37.3 Å². The van der Waals surface area contributed by atoms with Crippen LogP contribution in [-0.2, 0) is 6.42 Å². The largest absolute Gasteiger partial charge is 0.478 e. The molecular formula is C22H18ClNO3. The number of para-hydroxylation sites is 1. The van der Waals surface area contributed by atoms with Crippen molar-refractivity contribution in [1.29, 1.82) is 0 Å². The van der Waals surface area contributed by atoms with E-state index in [-0.39, 0.29) is 11.3 Å². The van der Waals surface area contributed by atoms with Gasteiger partial charge in [-0.15, -0.1) is 0 Å². The summed E-state index contributed by atoms with van der Waals surface area (Å²) in [7, 11) is 0. The molecular weight excluding hydrogens is 362 g/mol. The Morgan fingerprint density at radius 2 is 1.67 bits per heavy atom. The first-order valence-corrected chi connectivity index (χ1v) is 8.90. The lowest BCUT2D eigenvalue weighted by Crippen LogP contribution is -2.09. The first-order valence-electron chi connectivity index (χ1n) is 8.52. The Bertz CT molecular complexity index is 1000. The quantitative estimate of drug-likeness (QED) is 0.549. The van der Waals surface area contributed by atoms with Crippen LogP contribution >= 0.6 is 11.6 Å². The van der Waals surface area contributed by atoms with Crippen LogP contribution in [0.3, 0.4) is 0 Å². The number of rotatable bonds is 6. The van der Waals surface area contributed by atoms with Crippen LogP contribution in [0, 0.1) is 0 Å². The summed E-state index contributed by atoms with van der Waals surface area (Å²) in [6, 6.07) is 19.3. The smallest absolute Gasteiger partial charge is 0.335 e. The van der Waals surface area contributed by atoms with Crippen LogP contribution in [0.5, 0.6) is 0 Å². The van der Waals surface area contributed by atoms with Gasteiger partial charge < -0.3 is 10.4 Å². The molecule has 5 heteroatoms. The molecule has 2 N–H and O–H groups in total. The Hall–Kier alpha value is -3.11. The normalized spacial score (nSPS) is 10.4. The molecule has 0 radical (unpaired) electrons. The summed E-state index contributed by atoms with van der Waals surface area (Å²) in [4.78, 5) is 24.2. The second-order valence-corrected chi connectivity index (χ2v) is 6.45. The predicted octanol–water partition coefficient (Wildman–Crippen LogP) is 5.58. The van der Waals surface area contributed by atoms with Crippen LogP contribution in [0.15, 0.2) is 66.7 Å². The lowest BCUT2D eigenvalue weighted by atomic mass is 9.95. The van der Waals surface area contributed by atoms with E-state index in [1.54, 1.807) is 24.3 Å². The standard InChI is InChI=1S/C22H18ClNO3/c1-2-14-8-9-15(22(26)27)12-19(14)21(25)18-11-10-17(13-20(18)23)24-16-6-4-3-5-7-16/h3-13,24H,2H2,1H3,(H,26,27). The van der Waals surface area contributed by atoms with Gasteiger partial charge in [-0.1, -0.05) is 42.8 Å². The van der Waals surface area contributed by atoms with Crippen molar-refractivity contribution >= 4 is 34.7 Å². The van der Waals surface area contributed by atoms with Crippen molar-refractivity contribution in [3.63, 3.8) is 0 Å². The molecule has 0 bridgehead atoms. The monoisotopic (exact) mass is 379 g/mol. The van der Waals surface area contributed by atoms with E-state index in [2.05, 4.69) is 5.32 Å². The molecule has 0 aliphatic rings. The second-order valence-electron chi connectivity index (χ2n) is 6.05. The van der Waals surface area contributed by atoms with E-state index in [0.717, 1.165) is 16.9 Å². The maximum absolute atomic E-state index is 13.0. The van der Waals surface area contributed by atoms with Crippen molar-refractivity contribution in [2.24, 2.45) is 0 Å². The third-order valence-corrected chi connectivity index (χ3v) is 4.57. The molecule has 3 aromatic carbocycles. The Morgan fingerprint density at radius 1 is 0.926 bits per heavy atom. The highest BCUT2D eigenvalue weighted by molar-refractivity contribution is 6.35. The average molecular weight is 380 g/mol. The number of carboxylic acids is 1. The molecule has 4 nitrogen and oxygen atoms in total. The van der Waals surface area contributed by atoms with Crippen LogP contribution in [0.25, 0.3) is 0 Å². The molecule has 136 valence electrons. The van der Waals surface area contributed by atoms with Crippen LogP contribution in [0.1, 0.15) is 38.8 Å². The fourth-order valence-electron chi connectivity index (χ4n) is 2.84. The SMILES string of the molecule is CCc1ccc(C(=O)O)cc1C(=O)c1ccc(Nc2ccccc2)cc1Cl. The molecule has 0 aromatic heterocycles. The van der Waals surface area contributed by atoms with E-state index < -0.39 is 5.97 Å².